The minimum atomic E-state index is -0.410. The number of imidazole rings is 1. The fourth-order valence-corrected chi connectivity index (χ4v) is 4.63. The fraction of sp³-hybridized carbons (Fsp3) is 0.111. The Hall–Kier alpha value is -3.38. The number of aromatic nitrogens is 3. The molecule has 34 heavy (non-hydrogen) atoms. The first-order valence-corrected chi connectivity index (χ1v) is 11.5. The molecule has 0 saturated heterocycles. The van der Waals surface area contributed by atoms with Crippen LogP contribution in [0.1, 0.15) is 17.3 Å². The number of aryl methyl sites for hydroxylation is 1. The number of rotatable bonds is 4. The molecular formula is C27H22Cl2N4O. The molecule has 7 heteroatoms. The maximum Gasteiger partial charge on any atom is 0.251 e. The summed E-state index contributed by atoms with van der Waals surface area (Å²) in [6.45, 7) is 0. The van der Waals surface area contributed by atoms with Crippen molar-refractivity contribution in [2.45, 2.75) is 6.04 Å². The average molecular weight is 489 g/mol. The van der Waals surface area contributed by atoms with Crippen LogP contribution in [0.3, 0.4) is 0 Å². The van der Waals surface area contributed by atoms with E-state index in [0.717, 1.165) is 44.7 Å². The van der Waals surface area contributed by atoms with Crippen LogP contribution in [-0.4, -0.2) is 14.1 Å². The molecule has 1 atom stereocenters. The van der Waals surface area contributed by atoms with Gasteiger partial charge in [0.25, 0.3) is 5.56 Å². The number of benzene rings is 3. The summed E-state index contributed by atoms with van der Waals surface area (Å²) in [5.74, 6) is 0.810. The first-order chi connectivity index (χ1) is 16.3. The Morgan fingerprint density at radius 2 is 1.62 bits per heavy atom. The molecule has 0 aliphatic carbocycles. The topological polar surface area (TPSA) is 65.8 Å². The van der Waals surface area contributed by atoms with Gasteiger partial charge in [-0.2, -0.15) is 0 Å². The Bertz CT molecular complexity index is 1590. The van der Waals surface area contributed by atoms with Gasteiger partial charge in [0.1, 0.15) is 5.82 Å². The first kappa shape index (κ1) is 22.4. The lowest BCUT2D eigenvalue weighted by atomic mass is 9.96. The summed E-state index contributed by atoms with van der Waals surface area (Å²) >= 11 is 12.3. The maximum atomic E-state index is 12.6. The quantitative estimate of drug-likeness (QED) is 0.339. The summed E-state index contributed by atoms with van der Waals surface area (Å²) in [4.78, 5) is 17.2. The Labute approximate surface area is 207 Å². The van der Waals surface area contributed by atoms with E-state index < -0.39 is 6.04 Å². The monoisotopic (exact) mass is 488 g/mol. The van der Waals surface area contributed by atoms with E-state index in [-0.39, 0.29) is 5.56 Å². The third kappa shape index (κ3) is 3.92. The van der Waals surface area contributed by atoms with Crippen LogP contribution >= 0.6 is 23.2 Å². The number of nitrogens with two attached hydrogens (primary N) is 1. The van der Waals surface area contributed by atoms with Gasteiger partial charge in [-0.05, 0) is 65.2 Å². The van der Waals surface area contributed by atoms with Crippen LogP contribution in [0.5, 0.6) is 0 Å². The lowest BCUT2D eigenvalue weighted by molar-refractivity contribution is 0.751. The van der Waals surface area contributed by atoms with E-state index in [9.17, 15) is 4.79 Å². The van der Waals surface area contributed by atoms with Crippen molar-refractivity contribution in [2.75, 3.05) is 0 Å². The van der Waals surface area contributed by atoms with Crippen molar-refractivity contribution in [1.82, 2.24) is 14.1 Å². The Kier molecular flexibility index (Phi) is 5.78. The van der Waals surface area contributed by atoms with Gasteiger partial charge >= 0.3 is 0 Å². The zero-order valence-corrected chi connectivity index (χ0v) is 20.2. The highest BCUT2D eigenvalue weighted by Crippen LogP contribution is 2.32. The minimum absolute atomic E-state index is 0.0845. The largest absolute Gasteiger partial charge is 0.329 e. The van der Waals surface area contributed by atoms with Crippen LogP contribution in [0.25, 0.3) is 33.4 Å². The molecule has 170 valence electrons. The molecule has 0 fully saturated rings. The second kappa shape index (κ2) is 8.76. The minimum Gasteiger partial charge on any atom is -0.329 e. The lowest BCUT2D eigenvalue weighted by Crippen LogP contribution is -2.18. The normalized spacial score (nSPS) is 12.3. The predicted molar refractivity (Wildman–Crippen MR) is 139 cm³/mol. The van der Waals surface area contributed by atoms with Gasteiger partial charge in [0.05, 0.1) is 23.4 Å². The molecular weight excluding hydrogens is 467 g/mol. The first-order valence-electron chi connectivity index (χ1n) is 10.8. The fourth-order valence-electron chi connectivity index (χ4n) is 4.32. The van der Waals surface area contributed by atoms with Crippen LogP contribution < -0.4 is 11.3 Å². The van der Waals surface area contributed by atoms with Crippen LogP contribution in [0.15, 0.2) is 83.8 Å². The summed E-state index contributed by atoms with van der Waals surface area (Å²) in [5.41, 5.74) is 11.9. The number of hydrogen-bond donors (Lipinski definition) is 1. The van der Waals surface area contributed by atoms with Crippen LogP contribution in [0.2, 0.25) is 10.0 Å². The highest BCUT2D eigenvalue weighted by molar-refractivity contribution is 6.31. The molecule has 0 bridgehead atoms. The second-order valence-electron chi connectivity index (χ2n) is 8.29. The molecule has 0 aliphatic rings. The second-order valence-corrected chi connectivity index (χ2v) is 9.17. The molecule has 1 unspecified atom stereocenters. The third-order valence-electron chi connectivity index (χ3n) is 6.21. The zero-order valence-electron chi connectivity index (χ0n) is 18.7. The third-order valence-corrected chi connectivity index (χ3v) is 6.70. The van der Waals surface area contributed by atoms with Crippen molar-refractivity contribution >= 4 is 34.1 Å². The average Bonchev–Trinajstić information content (AvgIpc) is 3.22. The van der Waals surface area contributed by atoms with E-state index in [1.165, 1.54) is 0 Å². The summed E-state index contributed by atoms with van der Waals surface area (Å²) in [6, 6.07) is 22.3. The van der Waals surface area contributed by atoms with Crippen molar-refractivity contribution in [3.8, 4) is 22.5 Å². The van der Waals surface area contributed by atoms with Gasteiger partial charge in [-0.1, -0.05) is 41.4 Å². The molecule has 5 rings (SSSR count). The molecule has 3 aromatic carbocycles. The number of nitrogens with zero attached hydrogens (tertiary/aromatic N) is 3. The highest BCUT2D eigenvalue weighted by atomic mass is 35.5. The molecule has 0 amide bonds. The van der Waals surface area contributed by atoms with Crippen molar-refractivity contribution < 1.29 is 0 Å². The van der Waals surface area contributed by atoms with E-state index in [2.05, 4.69) is 4.98 Å². The molecule has 0 saturated carbocycles. The maximum absolute atomic E-state index is 12.6. The van der Waals surface area contributed by atoms with Crippen LogP contribution in [0, 0.1) is 0 Å². The molecule has 2 N–H and O–H groups in total. The van der Waals surface area contributed by atoms with Crippen LogP contribution in [0.4, 0.5) is 0 Å². The molecule has 5 aromatic rings. The standard InChI is InChI=1S/C27H22Cl2N4O/c1-32-23-11-8-18(13-22(23)21(14-25(32)34)17-4-3-5-20(29)12-17)26(30)24-15-31-27(33(24)2)16-6-9-19(28)10-7-16/h3-15,26H,30H2,1-2H3. The lowest BCUT2D eigenvalue weighted by Gasteiger charge is -2.17. The van der Waals surface area contributed by atoms with E-state index >= 15 is 0 Å². The van der Waals surface area contributed by atoms with Gasteiger partial charge in [-0.25, -0.2) is 4.98 Å². The number of fused-ring (bicyclic) bond motifs is 1. The molecule has 0 radical (unpaired) electrons. The van der Waals surface area contributed by atoms with Gasteiger partial charge in [-0.3, -0.25) is 4.79 Å². The molecule has 2 aromatic heterocycles. The van der Waals surface area contributed by atoms with E-state index in [1.54, 1.807) is 23.9 Å². The van der Waals surface area contributed by atoms with Crippen molar-refractivity contribution in [3.63, 3.8) is 0 Å². The molecule has 0 aliphatic heterocycles. The van der Waals surface area contributed by atoms with Gasteiger partial charge < -0.3 is 14.9 Å². The summed E-state index contributed by atoms with van der Waals surface area (Å²) < 4.78 is 3.64. The summed E-state index contributed by atoms with van der Waals surface area (Å²) in [6.07, 6.45) is 1.80. The van der Waals surface area contributed by atoms with Crippen LogP contribution in [-0.2, 0) is 14.1 Å². The summed E-state index contributed by atoms with van der Waals surface area (Å²) in [7, 11) is 3.72. The zero-order chi connectivity index (χ0) is 24.0. The Morgan fingerprint density at radius 1 is 0.853 bits per heavy atom. The highest BCUT2D eigenvalue weighted by Gasteiger charge is 2.18. The Morgan fingerprint density at radius 3 is 2.35 bits per heavy atom. The van der Waals surface area contributed by atoms with Gasteiger partial charge in [0.2, 0.25) is 0 Å². The number of pyridine rings is 1. The van der Waals surface area contributed by atoms with Crippen molar-refractivity contribution in [1.29, 1.82) is 0 Å². The SMILES string of the molecule is Cn1c(C(N)c2ccc3c(c2)c(-c2cccc(Cl)c2)cc(=O)n3C)cnc1-c1ccc(Cl)cc1. The number of halogens is 2. The molecule has 2 heterocycles. The number of hydrogen-bond acceptors (Lipinski definition) is 3. The van der Waals surface area contributed by atoms with E-state index in [4.69, 9.17) is 28.9 Å². The van der Waals surface area contributed by atoms with Crippen molar-refractivity contribution in [3.05, 3.63) is 111 Å². The summed E-state index contributed by atoms with van der Waals surface area (Å²) in [5, 5.41) is 2.22. The van der Waals surface area contributed by atoms with E-state index in [0.29, 0.717) is 10.0 Å². The Balaban J connectivity index is 1.62. The van der Waals surface area contributed by atoms with Gasteiger partial charge in [-0.15, -0.1) is 0 Å². The molecule has 0 spiro atoms. The smallest absolute Gasteiger partial charge is 0.251 e. The molecule has 5 nitrogen and oxygen atoms in total. The van der Waals surface area contributed by atoms with E-state index in [1.807, 2.05) is 78.3 Å². The van der Waals surface area contributed by atoms with Crippen molar-refractivity contribution in [2.24, 2.45) is 19.8 Å². The van der Waals surface area contributed by atoms with Gasteiger partial charge in [0.15, 0.2) is 0 Å². The predicted octanol–water partition coefficient (Wildman–Crippen LogP) is 5.96. The van der Waals surface area contributed by atoms with Gasteiger partial charge in [0, 0.05) is 41.2 Å².